The van der Waals surface area contributed by atoms with Crippen molar-refractivity contribution in [3.05, 3.63) is 109 Å². The van der Waals surface area contributed by atoms with E-state index >= 15 is 0 Å². The van der Waals surface area contributed by atoms with E-state index in [1.165, 1.54) is 0 Å². The Morgan fingerprint density at radius 3 is 1.13 bits per heavy atom. The molecule has 4 N–H and O–H groups in total. The number of anilines is 4. The number of carbonyl (C=O) groups is 4. The van der Waals surface area contributed by atoms with E-state index in [1.807, 2.05) is 36.4 Å². The smallest absolute Gasteiger partial charge is 0.262 e. The predicted octanol–water partition coefficient (Wildman–Crippen LogP) is 7.03. The van der Waals surface area contributed by atoms with Gasteiger partial charge in [-0.3, -0.25) is 19.2 Å². The third-order valence-corrected chi connectivity index (χ3v) is 6.89. The second-order valence-corrected chi connectivity index (χ2v) is 10.8. The van der Waals surface area contributed by atoms with Crippen molar-refractivity contribution in [1.82, 2.24) is 0 Å². The lowest BCUT2D eigenvalue weighted by molar-refractivity contribution is -0.118. The molecule has 10 nitrogen and oxygen atoms in total. The molecular weight excluding hydrogens is 596 g/mol. The van der Waals surface area contributed by atoms with Crippen molar-refractivity contribution in [2.24, 2.45) is 0 Å². The molecule has 0 heterocycles. The summed E-state index contributed by atoms with van der Waals surface area (Å²) in [5.41, 5.74) is 2.34. The summed E-state index contributed by atoms with van der Waals surface area (Å²) < 4.78 is 10.9. The average molecular weight is 637 g/mol. The van der Waals surface area contributed by atoms with Gasteiger partial charge in [-0.25, -0.2) is 0 Å². The van der Waals surface area contributed by atoms with Crippen molar-refractivity contribution in [2.75, 3.05) is 34.5 Å². The van der Waals surface area contributed by atoms with Crippen molar-refractivity contribution in [3.8, 4) is 11.5 Å². The quantitative estimate of drug-likeness (QED) is 0.0867. The SMILES string of the molecule is O=C(CCCCCCCC(=O)Nc1cccc(NC(=O)COc2ccccc2)c1)Nc1cccc(NC(=O)COc2ccccc2)c1. The molecule has 0 aliphatic carbocycles. The van der Waals surface area contributed by atoms with Gasteiger partial charge in [-0.1, -0.05) is 67.8 Å². The first-order valence-electron chi connectivity index (χ1n) is 15.7. The highest BCUT2D eigenvalue weighted by Crippen LogP contribution is 2.18. The highest BCUT2D eigenvalue weighted by atomic mass is 16.5. The summed E-state index contributed by atoms with van der Waals surface area (Å²) in [4.78, 5) is 49.3. The Morgan fingerprint density at radius 1 is 0.404 bits per heavy atom. The summed E-state index contributed by atoms with van der Waals surface area (Å²) in [5.74, 6) is 0.445. The minimum atomic E-state index is -0.296. The minimum absolute atomic E-state index is 0.0950. The maximum Gasteiger partial charge on any atom is 0.262 e. The number of carbonyl (C=O) groups excluding carboxylic acids is 4. The molecule has 0 radical (unpaired) electrons. The Kier molecular flexibility index (Phi) is 13.8. The fourth-order valence-electron chi connectivity index (χ4n) is 4.62. The highest BCUT2D eigenvalue weighted by Gasteiger charge is 2.09. The Balaban J connectivity index is 1.04. The molecule has 0 fully saturated rings. The Bertz CT molecular complexity index is 1480. The molecule has 0 aromatic heterocycles. The van der Waals surface area contributed by atoms with Gasteiger partial charge in [0.2, 0.25) is 11.8 Å². The van der Waals surface area contributed by atoms with Crippen molar-refractivity contribution in [2.45, 2.75) is 44.9 Å². The number of nitrogens with one attached hydrogen (secondary N) is 4. The van der Waals surface area contributed by atoms with Gasteiger partial charge in [-0.2, -0.15) is 0 Å². The van der Waals surface area contributed by atoms with Gasteiger partial charge < -0.3 is 30.7 Å². The third-order valence-electron chi connectivity index (χ3n) is 6.89. The molecule has 0 saturated carbocycles. The molecule has 0 spiro atoms. The molecule has 0 atom stereocenters. The lowest BCUT2D eigenvalue weighted by atomic mass is 10.1. The maximum atomic E-state index is 12.4. The number of para-hydroxylation sites is 2. The van der Waals surface area contributed by atoms with E-state index in [4.69, 9.17) is 9.47 Å². The molecule has 0 unspecified atom stereocenters. The van der Waals surface area contributed by atoms with Gasteiger partial charge in [0.05, 0.1) is 0 Å². The van der Waals surface area contributed by atoms with Gasteiger partial charge >= 0.3 is 0 Å². The van der Waals surface area contributed by atoms with E-state index in [1.54, 1.807) is 72.8 Å². The molecule has 0 aliphatic rings. The predicted molar refractivity (Wildman–Crippen MR) is 184 cm³/mol. The van der Waals surface area contributed by atoms with Gasteiger partial charge in [0.1, 0.15) is 11.5 Å². The van der Waals surface area contributed by atoms with E-state index in [-0.39, 0.29) is 36.8 Å². The highest BCUT2D eigenvalue weighted by molar-refractivity contribution is 5.95. The van der Waals surface area contributed by atoms with Gasteiger partial charge in [0.15, 0.2) is 13.2 Å². The zero-order chi connectivity index (χ0) is 33.1. The van der Waals surface area contributed by atoms with Crippen LogP contribution in [0.4, 0.5) is 22.7 Å². The average Bonchev–Trinajstić information content (AvgIpc) is 3.07. The maximum absolute atomic E-state index is 12.4. The number of rotatable bonds is 18. The molecule has 0 bridgehead atoms. The molecule has 10 heteroatoms. The van der Waals surface area contributed by atoms with E-state index in [0.717, 1.165) is 32.1 Å². The molecule has 4 amide bonds. The molecule has 4 aromatic carbocycles. The van der Waals surface area contributed by atoms with E-state index < -0.39 is 0 Å². The molecule has 244 valence electrons. The standard InChI is InChI=1S/C37H40N4O6/c42-34(38-28-14-12-16-30(24-28)40-36(44)26-46-32-18-6-4-7-19-32)22-10-2-1-3-11-23-35(43)39-29-15-13-17-31(25-29)41-37(45)27-47-33-20-8-5-9-21-33/h4-9,12-21,24-25H,1-3,10-11,22-23,26-27H2,(H,38,42)(H,39,43)(H,40,44)(H,41,45). The normalized spacial score (nSPS) is 10.4. The van der Waals surface area contributed by atoms with E-state index in [9.17, 15) is 19.2 Å². The lowest BCUT2D eigenvalue weighted by Crippen LogP contribution is -2.20. The number of unbranched alkanes of at least 4 members (excludes halogenated alkanes) is 4. The fourth-order valence-corrected chi connectivity index (χ4v) is 4.62. The van der Waals surface area contributed by atoms with Crippen LogP contribution in [0.15, 0.2) is 109 Å². The first-order valence-corrected chi connectivity index (χ1v) is 15.7. The van der Waals surface area contributed by atoms with Crippen LogP contribution < -0.4 is 30.7 Å². The van der Waals surface area contributed by atoms with Crippen molar-refractivity contribution in [3.63, 3.8) is 0 Å². The Hall–Kier alpha value is -5.64. The molecule has 0 aliphatic heterocycles. The summed E-state index contributed by atoms with van der Waals surface area (Å²) in [5, 5.41) is 11.3. The largest absolute Gasteiger partial charge is 0.484 e. The summed E-state index contributed by atoms with van der Waals surface area (Å²) in [6.45, 7) is -0.237. The van der Waals surface area contributed by atoms with Gasteiger partial charge in [0.25, 0.3) is 11.8 Å². The van der Waals surface area contributed by atoms with Crippen LogP contribution in [-0.2, 0) is 19.2 Å². The van der Waals surface area contributed by atoms with Crippen LogP contribution in [0, 0.1) is 0 Å². The Labute approximate surface area is 274 Å². The molecular formula is C37H40N4O6. The number of hydrogen-bond acceptors (Lipinski definition) is 6. The van der Waals surface area contributed by atoms with Gasteiger partial charge in [0, 0.05) is 35.6 Å². The third kappa shape index (κ3) is 13.5. The molecule has 4 aromatic rings. The summed E-state index contributed by atoms with van der Waals surface area (Å²) >= 11 is 0. The number of amides is 4. The van der Waals surface area contributed by atoms with Crippen molar-refractivity contribution < 1.29 is 28.7 Å². The van der Waals surface area contributed by atoms with Crippen LogP contribution in [0.1, 0.15) is 44.9 Å². The lowest BCUT2D eigenvalue weighted by Gasteiger charge is -2.10. The van der Waals surface area contributed by atoms with Gasteiger partial charge in [-0.05, 0) is 73.5 Å². The summed E-state index contributed by atoms with van der Waals surface area (Å²) in [6.07, 6.45) is 4.91. The van der Waals surface area contributed by atoms with E-state index in [2.05, 4.69) is 21.3 Å². The monoisotopic (exact) mass is 636 g/mol. The topological polar surface area (TPSA) is 135 Å². The zero-order valence-electron chi connectivity index (χ0n) is 26.2. The second-order valence-electron chi connectivity index (χ2n) is 10.8. The summed E-state index contributed by atoms with van der Waals surface area (Å²) in [7, 11) is 0. The number of ether oxygens (including phenoxy) is 2. The van der Waals surface area contributed by atoms with Crippen LogP contribution >= 0.6 is 0 Å². The molecule has 0 saturated heterocycles. The number of hydrogen-bond donors (Lipinski definition) is 4. The Morgan fingerprint density at radius 2 is 0.745 bits per heavy atom. The van der Waals surface area contributed by atoms with Crippen LogP contribution in [0.3, 0.4) is 0 Å². The fraction of sp³-hybridized carbons (Fsp3) is 0.243. The van der Waals surface area contributed by atoms with Crippen molar-refractivity contribution in [1.29, 1.82) is 0 Å². The first kappa shape index (κ1) is 34.2. The second kappa shape index (κ2) is 19.0. The van der Waals surface area contributed by atoms with Crippen molar-refractivity contribution >= 4 is 46.4 Å². The van der Waals surface area contributed by atoms with Crippen LogP contribution in [0.25, 0.3) is 0 Å². The van der Waals surface area contributed by atoms with E-state index in [0.29, 0.717) is 47.1 Å². The van der Waals surface area contributed by atoms with Gasteiger partial charge in [-0.15, -0.1) is 0 Å². The number of benzene rings is 4. The molecule has 47 heavy (non-hydrogen) atoms. The van der Waals surface area contributed by atoms with Crippen LogP contribution in [-0.4, -0.2) is 36.8 Å². The van der Waals surface area contributed by atoms with Crippen LogP contribution in [0.5, 0.6) is 11.5 Å². The summed E-state index contributed by atoms with van der Waals surface area (Å²) in [6, 6.07) is 32.2. The first-order chi connectivity index (χ1) is 22.9. The minimum Gasteiger partial charge on any atom is -0.484 e. The molecule has 4 rings (SSSR count). The zero-order valence-corrected chi connectivity index (χ0v) is 26.2. The van der Waals surface area contributed by atoms with Crippen LogP contribution in [0.2, 0.25) is 0 Å².